The maximum absolute atomic E-state index is 13.8. The first-order chi connectivity index (χ1) is 8.45. The van der Waals surface area contributed by atoms with E-state index >= 15 is 0 Å². The maximum atomic E-state index is 13.8. The fourth-order valence-electron chi connectivity index (χ4n) is 1.89. The van der Waals surface area contributed by atoms with Crippen LogP contribution in [0.3, 0.4) is 0 Å². The van der Waals surface area contributed by atoms with Crippen molar-refractivity contribution in [3.8, 4) is 0 Å². The van der Waals surface area contributed by atoms with E-state index in [-0.39, 0.29) is 12.0 Å². The highest BCUT2D eigenvalue weighted by atomic mass is 19.1. The number of aryl methyl sites for hydroxylation is 2. The van der Waals surface area contributed by atoms with Gasteiger partial charge in [-0.2, -0.15) is 0 Å². The molecule has 0 saturated heterocycles. The zero-order valence-electron chi connectivity index (χ0n) is 11.1. The van der Waals surface area contributed by atoms with Crippen molar-refractivity contribution < 1.29 is 14.0 Å². The summed E-state index contributed by atoms with van der Waals surface area (Å²) in [4.78, 5) is 23.3. The molecule has 18 heavy (non-hydrogen) atoms. The third kappa shape index (κ3) is 3.76. The highest BCUT2D eigenvalue weighted by Gasteiger charge is 2.26. The number of halogens is 1. The topological polar surface area (TPSA) is 34.1 Å². The molecule has 2 nitrogen and oxygen atoms in total. The van der Waals surface area contributed by atoms with E-state index in [4.69, 9.17) is 0 Å². The van der Waals surface area contributed by atoms with Crippen LogP contribution < -0.4 is 0 Å². The Morgan fingerprint density at radius 3 is 2.22 bits per heavy atom. The standard InChI is InChI=1S/C15H19FO2/c1-4-5-6-13(17)14(16)15(18)12-8-10(2)7-11(3)9-12/h7-9,14H,4-6H2,1-3H3. The van der Waals surface area contributed by atoms with Gasteiger partial charge in [-0.3, -0.25) is 9.59 Å². The summed E-state index contributed by atoms with van der Waals surface area (Å²) in [6, 6.07) is 5.15. The van der Waals surface area contributed by atoms with E-state index in [1.165, 1.54) is 0 Å². The monoisotopic (exact) mass is 250 g/mol. The molecule has 0 heterocycles. The van der Waals surface area contributed by atoms with Crippen molar-refractivity contribution in [1.29, 1.82) is 0 Å². The number of ketones is 2. The van der Waals surface area contributed by atoms with E-state index in [0.717, 1.165) is 17.5 Å². The number of unbranched alkanes of at least 4 members (excludes halogenated alkanes) is 1. The summed E-state index contributed by atoms with van der Waals surface area (Å²) in [6.07, 6.45) is -0.443. The lowest BCUT2D eigenvalue weighted by Crippen LogP contribution is -2.25. The van der Waals surface area contributed by atoms with Crippen LogP contribution in [0.15, 0.2) is 18.2 Å². The number of benzene rings is 1. The predicted molar refractivity (Wildman–Crippen MR) is 69.7 cm³/mol. The molecule has 0 N–H and O–H groups in total. The molecule has 0 amide bonds. The molecule has 0 aliphatic carbocycles. The minimum absolute atomic E-state index is 0.133. The zero-order valence-corrected chi connectivity index (χ0v) is 11.1. The fourth-order valence-corrected chi connectivity index (χ4v) is 1.89. The van der Waals surface area contributed by atoms with Crippen molar-refractivity contribution in [3.63, 3.8) is 0 Å². The highest BCUT2D eigenvalue weighted by Crippen LogP contribution is 2.14. The first-order valence-electron chi connectivity index (χ1n) is 6.25. The summed E-state index contributed by atoms with van der Waals surface area (Å²) in [5.41, 5.74) is 2.07. The lowest BCUT2D eigenvalue weighted by Gasteiger charge is -2.08. The van der Waals surface area contributed by atoms with Gasteiger partial charge in [0.25, 0.3) is 0 Å². The number of Topliss-reactive ketones (excluding diaryl/α,β-unsaturated/α-hetero) is 2. The van der Waals surface area contributed by atoms with Gasteiger partial charge in [-0.05, 0) is 32.4 Å². The van der Waals surface area contributed by atoms with Crippen LogP contribution in [-0.4, -0.2) is 17.7 Å². The number of hydrogen-bond acceptors (Lipinski definition) is 2. The molecule has 0 aliphatic heterocycles. The van der Waals surface area contributed by atoms with Gasteiger partial charge < -0.3 is 0 Å². The molecule has 1 aromatic rings. The molecular formula is C15H19FO2. The second kappa shape index (κ2) is 6.43. The summed E-state index contributed by atoms with van der Waals surface area (Å²) in [5, 5.41) is 0. The molecule has 1 aromatic carbocycles. The third-order valence-electron chi connectivity index (χ3n) is 2.80. The van der Waals surface area contributed by atoms with Gasteiger partial charge in [0.1, 0.15) is 0 Å². The van der Waals surface area contributed by atoms with Gasteiger partial charge in [0.05, 0.1) is 0 Å². The summed E-state index contributed by atoms with van der Waals surface area (Å²) in [7, 11) is 0. The van der Waals surface area contributed by atoms with E-state index in [2.05, 4.69) is 0 Å². The van der Waals surface area contributed by atoms with Crippen LogP contribution in [0.4, 0.5) is 4.39 Å². The molecule has 0 fully saturated rings. The molecule has 98 valence electrons. The molecule has 1 unspecified atom stereocenters. The Morgan fingerprint density at radius 2 is 1.72 bits per heavy atom. The zero-order chi connectivity index (χ0) is 13.7. The van der Waals surface area contributed by atoms with Crippen LogP contribution in [0.5, 0.6) is 0 Å². The first-order valence-corrected chi connectivity index (χ1v) is 6.25. The molecule has 3 heteroatoms. The Kier molecular flexibility index (Phi) is 5.20. The Hall–Kier alpha value is -1.51. The van der Waals surface area contributed by atoms with Crippen molar-refractivity contribution in [2.45, 2.75) is 46.2 Å². The summed E-state index contributed by atoms with van der Waals surface area (Å²) < 4.78 is 13.8. The number of alkyl halides is 1. The van der Waals surface area contributed by atoms with Crippen molar-refractivity contribution in [1.82, 2.24) is 0 Å². The Balaban J connectivity index is 2.82. The number of carbonyl (C=O) groups is 2. The molecule has 1 rings (SSSR count). The smallest absolute Gasteiger partial charge is 0.220 e. The van der Waals surface area contributed by atoms with Crippen molar-refractivity contribution in [3.05, 3.63) is 34.9 Å². The molecule has 1 atom stereocenters. The summed E-state index contributed by atoms with van der Waals surface area (Å²) >= 11 is 0. The Labute approximate surface area is 107 Å². The van der Waals surface area contributed by atoms with Crippen LogP contribution in [0.2, 0.25) is 0 Å². The van der Waals surface area contributed by atoms with E-state index in [1.54, 1.807) is 12.1 Å². The van der Waals surface area contributed by atoms with Gasteiger partial charge in [-0.1, -0.05) is 30.5 Å². The Morgan fingerprint density at radius 1 is 1.17 bits per heavy atom. The number of rotatable bonds is 6. The second-order valence-corrected chi connectivity index (χ2v) is 4.67. The normalized spacial score (nSPS) is 12.2. The largest absolute Gasteiger partial charge is 0.296 e. The fraction of sp³-hybridized carbons (Fsp3) is 0.467. The lowest BCUT2D eigenvalue weighted by atomic mass is 9.98. The first kappa shape index (κ1) is 14.6. The van der Waals surface area contributed by atoms with E-state index in [0.29, 0.717) is 6.42 Å². The minimum atomic E-state index is -2.02. The molecule has 0 aromatic heterocycles. The molecule has 0 saturated carbocycles. The SMILES string of the molecule is CCCCC(=O)C(F)C(=O)c1cc(C)cc(C)c1. The van der Waals surface area contributed by atoms with Gasteiger partial charge in [0, 0.05) is 12.0 Å². The summed E-state index contributed by atoms with van der Waals surface area (Å²) in [5.74, 6) is -1.33. The van der Waals surface area contributed by atoms with Gasteiger partial charge in [0.2, 0.25) is 12.0 Å². The molecule has 0 spiro atoms. The average molecular weight is 250 g/mol. The van der Waals surface area contributed by atoms with Crippen LogP contribution in [0.25, 0.3) is 0 Å². The van der Waals surface area contributed by atoms with Crippen molar-refractivity contribution in [2.24, 2.45) is 0 Å². The number of carbonyl (C=O) groups excluding carboxylic acids is 2. The van der Waals surface area contributed by atoms with Gasteiger partial charge in [0.15, 0.2) is 5.78 Å². The molecule has 0 radical (unpaired) electrons. The van der Waals surface area contributed by atoms with Crippen LogP contribution in [-0.2, 0) is 4.79 Å². The number of hydrogen-bond donors (Lipinski definition) is 0. The van der Waals surface area contributed by atoms with Gasteiger partial charge in [-0.15, -0.1) is 0 Å². The van der Waals surface area contributed by atoms with E-state index < -0.39 is 17.7 Å². The average Bonchev–Trinajstić information content (AvgIpc) is 2.32. The van der Waals surface area contributed by atoms with Crippen LogP contribution >= 0.6 is 0 Å². The molecule has 0 aliphatic rings. The lowest BCUT2D eigenvalue weighted by molar-refractivity contribution is -0.122. The second-order valence-electron chi connectivity index (χ2n) is 4.67. The van der Waals surface area contributed by atoms with Crippen molar-refractivity contribution in [2.75, 3.05) is 0 Å². The van der Waals surface area contributed by atoms with Gasteiger partial charge in [-0.25, -0.2) is 4.39 Å². The molecular weight excluding hydrogens is 231 g/mol. The predicted octanol–water partition coefficient (Wildman–Crippen LogP) is 3.58. The van der Waals surface area contributed by atoms with Gasteiger partial charge >= 0.3 is 0 Å². The van der Waals surface area contributed by atoms with E-state index in [1.807, 2.05) is 26.8 Å². The Bertz CT molecular complexity index is 432. The van der Waals surface area contributed by atoms with Crippen LogP contribution in [0.1, 0.15) is 47.7 Å². The van der Waals surface area contributed by atoms with Crippen LogP contribution in [0, 0.1) is 13.8 Å². The highest BCUT2D eigenvalue weighted by molar-refractivity contribution is 6.13. The van der Waals surface area contributed by atoms with E-state index in [9.17, 15) is 14.0 Å². The summed E-state index contributed by atoms with van der Waals surface area (Å²) in [6.45, 7) is 5.61. The van der Waals surface area contributed by atoms with Crippen molar-refractivity contribution >= 4 is 11.6 Å². The quantitative estimate of drug-likeness (QED) is 0.571. The maximum Gasteiger partial charge on any atom is 0.220 e. The third-order valence-corrected chi connectivity index (χ3v) is 2.80. The minimum Gasteiger partial charge on any atom is -0.296 e. The molecule has 0 bridgehead atoms.